The van der Waals surface area contributed by atoms with Gasteiger partial charge in [-0.15, -0.1) is 0 Å². The fourth-order valence-electron chi connectivity index (χ4n) is 1.53. The minimum atomic E-state index is -0.769. The summed E-state index contributed by atoms with van der Waals surface area (Å²) < 4.78 is 1.60. The van der Waals surface area contributed by atoms with E-state index in [4.69, 9.17) is 17.3 Å². The average Bonchev–Trinajstić information content (AvgIpc) is 2.78. The smallest absolute Gasteiger partial charge is 0.246 e. The van der Waals surface area contributed by atoms with E-state index in [0.29, 0.717) is 16.3 Å². The average molecular weight is 265 g/mol. The first kappa shape index (κ1) is 12.6. The predicted octanol–water partition coefficient (Wildman–Crippen LogP) is 1.71. The number of nitrogens with one attached hydrogen (secondary N) is 1. The highest BCUT2D eigenvalue weighted by Gasteiger charge is 2.18. The molecule has 6 heteroatoms. The number of carbonyl (C=O) groups is 1. The van der Waals surface area contributed by atoms with Crippen LogP contribution in [0, 0.1) is 0 Å². The van der Waals surface area contributed by atoms with Crippen molar-refractivity contribution in [3.8, 4) is 0 Å². The molecule has 0 saturated carbocycles. The molecule has 2 aromatic rings. The normalized spacial score (nSPS) is 12.2. The molecule has 1 aromatic carbocycles. The van der Waals surface area contributed by atoms with Crippen LogP contribution < -0.4 is 11.1 Å². The van der Waals surface area contributed by atoms with E-state index in [1.165, 1.54) is 0 Å². The van der Waals surface area contributed by atoms with Crippen molar-refractivity contribution in [2.75, 3.05) is 5.32 Å². The number of halogens is 1. The highest BCUT2D eigenvalue weighted by molar-refractivity contribution is 6.33. The number of para-hydroxylation sites is 1. The molecular formula is C12H13ClN4O. The van der Waals surface area contributed by atoms with Gasteiger partial charge in [0.2, 0.25) is 5.91 Å². The molecule has 18 heavy (non-hydrogen) atoms. The Morgan fingerprint density at radius 2 is 2.22 bits per heavy atom. The molecular weight excluding hydrogens is 252 g/mol. The van der Waals surface area contributed by atoms with E-state index in [1.54, 1.807) is 48.4 Å². The number of benzene rings is 1. The maximum atomic E-state index is 11.9. The van der Waals surface area contributed by atoms with Crippen molar-refractivity contribution >= 4 is 23.2 Å². The quantitative estimate of drug-likeness (QED) is 0.886. The second kappa shape index (κ2) is 5.20. The molecule has 1 aromatic heterocycles. The molecule has 0 spiro atoms. The number of amides is 1. The van der Waals surface area contributed by atoms with Gasteiger partial charge in [-0.1, -0.05) is 23.7 Å². The first-order chi connectivity index (χ1) is 8.58. The molecule has 0 aliphatic rings. The van der Waals surface area contributed by atoms with Gasteiger partial charge in [-0.3, -0.25) is 9.48 Å². The molecule has 94 valence electrons. The minimum absolute atomic E-state index is 0.323. The molecule has 0 bridgehead atoms. The third-order valence-electron chi connectivity index (χ3n) is 2.50. The number of aryl methyl sites for hydroxylation is 1. The molecule has 1 heterocycles. The largest absolute Gasteiger partial charge is 0.323 e. The van der Waals surface area contributed by atoms with Gasteiger partial charge in [-0.25, -0.2) is 0 Å². The van der Waals surface area contributed by atoms with Crippen LogP contribution in [-0.2, 0) is 11.8 Å². The van der Waals surface area contributed by atoms with Gasteiger partial charge in [0.1, 0.15) is 6.04 Å². The maximum Gasteiger partial charge on any atom is 0.246 e. The second-order valence-corrected chi connectivity index (χ2v) is 4.30. The van der Waals surface area contributed by atoms with E-state index < -0.39 is 6.04 Å². The van der Waals surface area contributed by atoms with Gasteiger partial charge in [0, 0.05) is 18.8 Å². The zero-order valence-electron chi connectivity index (χ0n) is 9.80. The molecule has 0 fully saturated rings. The van der Waals surface area contributed by atoms with Gasteiger partial charge in [-0.2, -0.15) is 5.10 Å². The van der Waals surface area contributed by atoms with Gasteiger partial charge in [-0.05, 0) is 12.1 Å². The fourth-order valence-corrected chi connectivity index (χ4v) is 1.71. The van der Waals surface area contributed by atoms with E-state index in [9.17, 15) is 4.79 Å². The molecule has 0 aliphatic heterocycles. The van der Waals surface area contributed by atoms with Crippen LogP contribution >= 0.6 is 11.6 Å². The standard InChI is InChI=1S/C12H13ClN4O/c1-17-7-8(6-15-17)11(14)12(18)16-10-5-3-2-4-9(10)13/h2-7,11H,14H2,1H3,(H,16,18). The SMILES string of the molecule is Cn1cc(C(N)C(=O)Nc2ccccc2Cl)cn1. The third-order valence-corrected chi connectivity index (χ3v) is 2.83. The van der Waals surface area contributed by atoms with Gasteiger partial charge < -0.3 is 11.1 Å². The summed E-state index contributed by atoms with van der Waals surface area (Å²) >= 11 is 5.95. The second-order valence-electron chi connectivity index (χ2n) is 3.89. The lowest BCUT2D eigenvalue weighted by molar-refractivity contribution is -0.117. The van der Waals surface area contributed by atoms with E-state index in [1.807, 2.05) is 0 Å². The van der Waals surface area contributed by atoms with Gasteiger partial charge in [0.05, 0.1) is 16.9 Å². The van der Waals surface area contributed by atoms with E-state index in [-0.39, 0.29) is 5.91 Å². The topological polar surface area (TPSA) is 72.9 Å². The highest BCUT2D eigenvalue weighted by Crippen LogP contribution is 2.21. The van der Waals surface area contributed by atoms with E-state index in [0.717, 1.165) is 0 Å². The lowest BCUT2D eigenvalue weighted by Crippen LogP contribution is -2.27. The lowest BCUT2D eigenvalue weighted by atomic mass is 10.1. The summed E-state index contributed by atoms with van der Waals surface area (Å²) in [7, 11) is 1.77. The van der Waals surface area contributed by atoms with Crippen molar-refractivity contribution in [1.29, 1.82) is 0 Å². The number of carbonyl (C=O) groups excluding carboxylic acids is 1. The first-order valence-electron chi connectivity index (χ1n) is 5.37. The summed E-state index contributed by atoms with van der Waals surface area (Å²) in [6.45, 7) is 0. The van der Waals surface area contributed by atoms with Crippen molar-refractivity contribution in [3.63, 3.8) is 0 Å². The van der Waals surface area contributed by atoms with Crippen LogP contribution in [-0.4, -0.2) is 15.7 Å². The Labute approximate surface area is 110 Å². The minimum Gasteiger partial charge on any atom is -0.323 e. The molecule has 1 amide bonds. The van der Waals surface area contributed by atoms with Crippen molar-refractivity contribution < 1.29 is 4.79 Å². The molecule has 3 N–H and O–H groups in total. The summed E-state index contributed by atoms with van der Waals surface area (Å²) in [5, 5.41) is 7.14. The number of hydrogen-bond acceptors (Lipinski definition) is 3. The lowest BCUT2D eigenvalue weighted by Gasteiger charge is -2.11. The molecule has 0 saturated heterocycles. The molecule has 1 unspecified atom stereocenters. The number of nitrogens with two attached hydrogens (primary N) is 1. The first-order valence-corrected chi connectivity index (χ1v) is 5.75. The van der Waals surface area contributed by atoms with Crippen LogP contribution in [0.25, 0.3) is 0 Å². The summed E-state index contributed by atoms with van der Waals surface area (Å²) in [5.74, 6) is -0.323. The van der Waals surface area contributed by atoms with Crippen LogP contribution in [0.1, 0.15) is 11.6 Å². The molecule has 0 aliphatic carbocycles. The van der Waals surface area contributed by atoms with Crippen LogP contribution in [0.15, 0.2) is 36.7 Å². The predicted molar refractivity (Wildman–Crippen MR) is 70.2 cm³/mol. The van der Waals surface area contributed by atoms with Crippen molar-refractivity contribution in [1.82, 2.24) is 9.78 Å². The number of hydrogen-bond donors (Lipinski definition) is 2. The zero-order chi connectivity index (χ0) is 13.1. The number of aromatic nitrogens is 2. The Morgan fingerprint density at radius 3 is 2.83 bits per heavy atom. The summed E-state index contributed by atoms with van der Waals surface area (Å²) in [5.41, 5.74) is 7.04. The Hall–Kier alpha value is -1.85. The number of anilines is 1. The fraction of sp³-hybridized carbons (Fsp3) is 0.167. The van der Waals surface area contributed by atoms with Crippen LogP contribution in [0.4, 0.5) is 5.69 Å². The molecule has 2 rings (SSSR count). The third kappa shape index (κ3) is 2.69. The Bertz CT molecular complexity index is 567. The van der Waals surface area contributed by atoms with Crippen LogP contribution in [0.5, 0.6) is 0 Å². The maximum absolute atomic E-state index is 11.9. The van der Waals surface area contributed by atoms with Crippen molar-refractivity contribution in [2.45, 2.75) is 6.04 Å². The van der Waals surface area contributed by atoms with E-state index >= 15 is 0 Å². The monoisotopic (exact) mass is 264 g/mol. The molecule has 1 atom stereocenters. The van der Waals surface area contributed by atoms with Gasteiger partial charge in [0.15, 0.2) is 0 Å². The zero-order valence-corrected chi connectivity index (χ0v) is 10.6. The van der Waals surface area contributed by atoms with E-state index in [2.05, 4.69) is 10.4 Å². The van der Waals surface area contributed by atoms with Crippen molar-refractivity contribution in [2.24, 2.45) is 12.8 Å². The summed E-state index contributed by atoms with van der Waals surface area (Å²) in [4.78, 5) is 11.9. The Balaban J connectivity index is 2.11. The Kier molecular flexibility index (Phi) is 3.64. The highest BCUT2D eigenvalue weighted by atomic mass is 35.5. The van der Waals surface area contributed by atoms with Crippen LogP contribution in [0.2, 0.25) is 5.02 Å². The van der Waals surface area contributed by atoms with Crippen LogP contribution in [0.3, 0.4) is 0 Å². The number of rotatable bonds is 3. The molecule has 0 radical (unpaired) electrons. The molecule has 5 nitrogen and oxygen atoms in total. The summed E-state index contributed by atoms with van der Waals surface area (Å²) in [6, 6.07) is 6.23. The number of nitrogens with zero attached hydrogens (tertiary/aromatic N) is 2. The van der Waals surface area contributed by atoms with Crippen molar-refractivity contribution in [3.05, 3.63) is 47.2 Å². The van der Waals surface area contributed by atoms with Gasteiger partial charge in [0.25, 0.3) is 0 Å². The van der Waals surface area contributed by atoms with Gasteiger partial charge >= 0.3 is 0 Å². The Morgan fingerprint density at radius 1 is 1.50 bits per heavy atom. The summed E-state index contributed by atoms with van der Waals surface area (Å²) in [6.07, 6.45) is 3.27.